The number of rotatable bonds is 4. The van der Waals surface area contributed by atoms with Crippen molar-refractivity contribution in [3.8, 4) is 0 Å². The first-order chi connectivity index (χ1) is 9.11. The van der Waals surface area contributed by atoms with Gasteiger partial charge in [0, 0.05) is 18.3 Å². The van der Waals surface area contributed by atoms with Crippen LogP contribution in [0.2, 0.25) is 5.02 Å². The van der Waals surface area contributed by atoms with E-state index >= 15 is 0 Å². The Morgan fingerprint density at radius 2 is 2.26 bits per heavy atom. The van der Waals surface area contributed by atoms with Gasteiger partial charge in [0.2, 0.25) is 5.82 Å². The van der Waals surface area contributed by atoms with Crippen LogP contribution in [0, 0.1) is 16.0 Å². The second-order valence-electron chi connectivity index (χ2n) is 4.81. The lowest BCUT2D eigenvalue weighted by Gasteiger charge is -2.31. The van der Waals surface area contributed by atoms with Crippen molar-refractivity contribution < 1.29 is 4.92 Å². The van der Waals surface area contributed by atoms with Crippen molar-refractivity contribution in [1.29, 1.82) is 0 Å². The van der Waals surface area contributed by atoms with Crippen LogP contribution in [0.25, 0.3) is 0 Å². The van der Waals surface area contributed by atoms with Crippen molar-refractivity contribution in [2.24, 2.45) is 11.7 Å². The van der Waals surface area contributed by atoms with Gasteiger partial charge in [-0.1, -0.05) is 24.4 Å². The molecule has 1 saturated carbocycles. The van der Waals surface area contributed by atoms with Gasteiger partial charge in [-0.3, -0.25) is 10.1 Å². The summed E-state index contributed by atoms with van der Waals surface area (Å²) in [5, 5.41) is 14.4. The first-order valence-corrected chi connectivity index (χ1v) is 6.76. The van der Waals surface area contributed by atoms with Gasteiger partial charge < -0.3 is 11.1 Å². The van der Waals surface area contributed by atoms with Gasteiger partial charge in [0.05, 0.1) is 9.95 Å². The summed E-state index contributed by atoms with van der Waals surface area (Å²) in [4.78, 5) is 14.6. The molecule has 1 aromatic rings. The van der Waals surface area contributed by atoms with Crippen LogP contribution in [-0.4, -0.2) is 22.5 Å². The number of hydrogen-bond donors (Lipinski definition) is 2. The van der Waals surface area contributed by atoms with Crippen molar-refractivity contribution in [2.45, 2.75) is 31.7 Å². The average molecular weight is 285 g/mol. The molecule has 0 bridgehead atoms. The maximum absolute atomic E-state index is 11.0. The lowest BCUT2D eigenvalue weighted by Crippen LogP contribution is -2.37. The number of nitrogens with two attached hydrogens (primary N) is 1. The average Bonchev–Trinajstić information content (AvgIpc) is 2.41. The number of pyridine rings is 1. The van der Waals surface area contributed by atoms with Crippen molar-refractivity contribution in [3.05, 3.63) is 27.4 Å². The Morgan fingerprint density at radius 3 is 2.95 bits per heavy atom. The molecule has 104 valence electrons. The van der Waals surface area contributed by atoms with Crippen molar-refractivity contribution in [2.75, 3.05) is 11.9 Å². The van der Waals surface area contributed by atoms with E-state index in [2.05, 4.69) is 10.3 Å². The third kappa shape index (κ3) is 3.33. The van der Waals surface area contributed by atoms with E-state index in [4.69, 9.17) is 17.3 Å². The molecule has 0 aromatic carbocycles. The molecule has 1 fully saturated rings. The van der Waals surface area contributed by atoms with E-state index in [0.717, 1.165) is 25.7 Å². The Kier molecular flexibility index (Phi) is 4.55. The molecule has 2 rings (SSSR count). The zero-order chi connectivity index (χ0) is 13.8. The number of halogens is 1. The Bertz CT molecular complexity index is 469. The highest BCUT2D eigenvalue weighted by Crippen LogP contribution is 2.30. The van der Waals surface area contributed by atoms with E-state index in [1.54, 1.807) is 0 Å². The van der Waals surface area contributed by atoms with Crippen LogP contribution in [-0.2, 0) is 0 Å². The number of aromatic nitrogens is 1. The molecule has 0 radical (unpaired) electrons. The molecule has 6 nitrogen and oxygen atoms in total. The zero-order valence-corrected chi connectivity index (χ0v) is 11.3. The van der Waals surface area contributed by atoms with Gasteiger partial charge in [-0.05, 0) is 25.3 Å². The number of nitro groups is 1. The summed E-state index contributed by atoms with van der Waals surface area (Å²) in [6.45, 7) is 0.582. The standard InChI is InChI=1S/C12H17ClN4O2/c13-9-5-11(17(18)19)12(15-7-9)16-10-4-2-1-3-8(10)6-14/h5,7-8,10H,1-4,6,14H2,(H,15,16). The van der Waals surface area contributed by atoms with Gasteiger partial charge in [-0.15, -0.1) is 0 Å². The normalized spacial score (nSPS) is 23.1. The summed E-state index contributed by atoms with van der Waals surface area (Å²) < 4.78 is 0. The fourth-order valence-electron chi connectivity index (χ4n) is 2.53. The minimum Gasteiger partial charge on any atom is -0.361 e. The zero-order valence-electron chi connectivity index (χ0n) is 10.5. The highest BCUT2D eigenvalue weighted by molar-refractivity contribution is 6.30. The van der Waals surface area contributed by atoms with E-state index in [-0.39, 0.29) is 22.6 Å². The fraction of sp³-hybridized carbons (Fsp3) is 0.583. The molecule has 0 spiro atoms. The highest BCUT2D eigenvalue weighted by Gasteiger charge is 2.26. The Morgan fingerprint density at radius 1 is 1.53 bits per heavy atom. The van der Waals surface area contributed by atoms with Gasteiger partial charge in [0.15, 0.2) is 0 Å². The third-order valence-corrected chi connectivity index (χ3v) is 3.77. The Balaban J connectivity index is 2.20. The molecule has 0 aliphatic heterocycles. The molecule has 3 N–H and O–H groups in total. The summed E-state index contributed by atoms with van der Waals surface area (Å²) in [6.07, 6.45) is 5.70. The molecule has 0 amide bonds. The molecule has 0 saturated heterocycles. The minimum absolute atomic E-state index is 0.0890. The second kappa shape index (κ2) is 6.16. The van der Waals surface area contributed by atoms with Gasteiger partial charge in [0.1, 0.15) is 0 Å². The summed E-state index contributed by atoms with van der Waals surface area (Å²) in [6, 6.07) is 1.46. The molecule has 2 unspecified atom stereocenters. The molecular weight excluding hydrogens is 268 g/mol. The SMILES string of the molecule is NCC1CCCCC1Nc1ncc(Cl)cc1[N+](=O)[O-]. The van der Waals surface area contributed by atoms with Crippen LogP contribution in [0.3, 0.4) is 0 Å². The minimum atomic E-state index is -0.471. The molecule has 7 heteroatoms. The first-order valence-electron chi connectivity index (χ1n) is 6.38. The predicted octanol–water partition coefficient (Wildman–Crippen LogP) is 2.57. The number of nitrogens with one attached hydrogen (secondary N) is 1. The number of anilines is 1. The van der Waals surface area contributed by atoms with Gasteiger partial charge in [-0.25, -0.2) is 4.98 Å². The van der Waals surface area contributed by atoms with E-state index in [1.165, 1.54) is 12.3 Å². The lowest BCUT2D eigenvalue weighted by atomic mass is 9.84. The summed E-state index contributed by atoms with van der Waals surface area (Å²) in [7, 11) is 0. The second-order valence-corrected chi connectivity index (χ2v) is 5.25. The van der Waals surface area contributed by atoms with Crippen LogP contribution < -0.4 is 11.1 Å². The van der Waals surface area contributed by atoms with Gasteiger partial charge in [0.25, 0.3) is 0 Å². The monoisotopic (exact) mass is 284 g/mol. The smallest absolute Gasteiger partial charge is 0.312 e. The summed E-state index contributed by atoms with van der Waals surface area (Å²) in [5.74, 6) is 0.616. The first kappa shape index (κ1) is 14.0. The summed E-state index contributed by atoms with van der Waals surface area (Å²) in [5.41, 5.74) is 5.66. The molecule has 1 heterocycles. The van der Waals surface area contributed by atoms with Crippen molar-refractivity contribution in [1.82, 2.24) is 4.98 Å². The quantitative estimate of drug-likeness (QED) is 0.654. The van der Waals surface area contributed by atoms with Crippen LogP contribution in [0.5, 0.6) is 0 Å². The van der Waals surface area contributed by atoms with Gasteiger partial charge >= 0.3 is 5.69 Å². The fourth-order valence-corrected chi connectivity index (χ4v) is 2.69. The molecule has 1 aromatic heterocycles. The molecule has 19 heavy (non-hydrogen) atoms. The largest absolute Gasteiger partial charge is 0.361 e. The van der Waals surface area contributed by atoms with Gasteiger partial charge in [-0.2, -0.15) is 0 Å². The molecule has 1 aliphatic carbocycles. The molecule has 1 aliphatic rings. The maximum Gasteiger partial charge on any atom is 0.312 e. The maximum atomic E-state index is 11.0. The third-order valence-electron chi connectivity index (χ3n) is 3.56. The van der Waals surface area contributed by atoms with E-state index < -0.39 is 4.92 Å². The van der Waals surface area contributed by atoms with Crippen LogP contribution >= 0.6 is 11.6 Å². The topological polar surface area (TPSA) is 94.1 Å². The lowest BCUT2D eigenvalue weighted by molar-refractivity contribution is -0.384. The van der Waals surface area contributed by atoms with E-state index in [9.17, 15) is 10.1 Å². The van der Waals surface area contributed by atoms with Crippen LogP contribution in [0.15, 0.2) is 12.3 Å². The van der Waals surface area contributed by atoms with Crippen molar-refractivity contribution in [3.63, 3.8) is 0 Å². The molecule has 2 atom stereocenters. The summed E-state index contributed by atoms with van der Waals surface area (Å²) >= 11 is 5.74. The number of hydrogen-bond acceptors (Lipinski definition) is 5. The Labute approximate surface area is 116 Å². The predicted molar refractivity (Wildman–Crippen MR) is 74.3 cm³/mol. The highest BCUT2D eigenvalue weighted by atomic mass is 35.5. The molecular formula is C12H17ClN4O2. The van der Waals surface area contributed by atoms with E-state index in [1.807, 2.05) is 0 Å². The van der Waals surface area contributed by atoms with E-state index in [0.29, 0.717) is 12.5 Å². The van der Waals surface area contributed by atoms with Crippen molar-refractivity contribution >= 4 is 23.1 Å². The van der Waals surface area contributed by atoms with Crippen LogP contribution in [0.4, 0.5) is 11.5 Å². The Hall–Kier alpha value is -1.40. The van der Waals surface area contributed by atoms with Crippen LogP contribution in [0.1, 0.15) is 25.7 Å². The number of nitrogens with zero attached hydrogens (tertiary/aromatic N) is 2.